The van der Waals surface area contributed by atoms with Crippen LogP contribution in [0.25, 0.3) is 0 Å². The Hall–Kier alpha value is -0.390. The number of benzene rings is 1. The van der Waals surface area contributed by atoms with E-state index in [1.165, 1.54) is 0 Å². The first-order valence-corrected chi connectivity index (χ1v) is 7.72. The minimum Gasteiger partial charge on any atom is -0.310 e. The maximum absolute atomic E-state index is 12.3. The molecule has 1 atom stereocenters. The molecule has 2 rings (SSSR count). The molecule has 98 valence electrons. The van der Waals surface area contributed by atoms with Crippen molar-refractivity contribution >= 4 is 43.5 Å². The molecule has 1 unspecified atom stereocenters. The lowest BCUT2D eigenvalue weighted by Gasteiger charge is -2.19. The van der Waals surface area contributed by atoms with E-state index in [9.17, 15) is 4.79 Å². The van der Waals surface area contributed by atoms with Crippen molar-refractivity contribution in [3.8, 4) is 0 Å². The number of hydrogen-bond acceptors (Lipinski definition) is 2. The van der Waals surface area contributed by atoms with Crippen molar-refractivity contribution in [2.24, 2.45) is 0 Å². The van der Waals surface area contributed by atoms with E-state index in [0.717, 1.165) is 40.6 Å². The van der Waals surface area contributed by atoms with Crippen LogP contribution in [-0.2, 0) is 4.79 Å². The van der Waals surface area contributed by atoms with E-state index >= 15 is 0 Å². The Labute approximate surface area is 124 Å². The van der Waals surface area contributed by atoms with Gasteiger partial charge in [0.05, 0.1) is 11.7 Å². The molecule has 1 aromatic rings. The molecule has 0 aromatic heterocycles. The van der Waals surface area contributed by atoms with Crippen molar-refractivity contribution in [2.45, 2.75) is 25.8 Å². The fraction of sp³-hybridized carbons (Fsp3) is 0.462. The highest BCUT2D eigenvalue weighted by molar-refractivity contribution is 9.11. The maximum Gasteiger partial charge on any atom is 0.244 e. The molecule has 0 aliphatic carbocycles. The van der Waals surface area contributed by atoms with Gasteiger partial charge in [-0.1, -0.05) is 22.9 Å². The molecule has 18 heavy (non-hydrogen) atoms. The number of rotatable bonds is 4. The van der Waals surface area contributed by atoms with Crippen molar-refractivity contribution in [3.63, 3.8) is 0 Å². The summed E-state index contributed by atoms with van der Waals surface area (Å²) in [5, 5.41) is 3.30. The molecule has 0 spiro atoms. The van der Waals surface area contributed by atoms with E-state index in [1.807, 2.05) is 23.1 Å². The molecule has 3 nitrogen and oxygen atoms in total. The summed E-state index contributed by atoms with van der Waals surface area (Å²) in [5.41, 5.74) is 0.948. The predicted molar refractivity (Wildman–Crippen MR) is 80.9 cm³/mol. The summed E-state index contributed by atoms with van der Waals surface area (Å²) in [6.07, 6.45) is 1.92. The van der Waals surface area contributed by atoms with Crippen LogP contribution in [0, 0.1) is 0 Å². The van der Waals surface area contributed by atoms with Gasteiger partial charge in [0.15, 0.2) is 0 Å². The molecule has 1 aromatic carbocycles. The minimum absolute atomic E-state index is 0.0273. The third kappa shape index (κ3) is 2.95. The standard InChI is InChI=1S/C13H16Br2N2O/c1-2-6-16-11-5-7-17(13(11)18)12-4-3-9(14)8-10(12)15/h3-4,8,11,16H,2,5-7H2,1H3. The third-order valence-corrected chi connectivity index (χ3v) is 4.18. The highest BCUT2D eigenvalue weighted by Crippen LogP contribution is 2.32. The van der Waals surface area contributed by atoms with Crippen molar-refractivity contribution < 1.29 is 4.79 Å². The smallest absolute Gasteiger partial charge is 0.244 e. The zero-order valence-corrected chi connectivity index (χ0v) is 13.4. The van der Waals surface area contributed by atoms with Gasteiger partial charge in [-0.25, -0.2) is 0 Å². The first-order chi connectivity index (χ1) is 8.63. The quantitative estimate of drug-likeness (QED) is 0.875. The second-order valence-electron chi connectivity index (χ2n) is 4.38. The van der Waals surface area contributed by atoms with Gasteiger partial charge in [0.1, 0.15) is 0 Å². The van der Waals surface area contributed by atoms with Crippen LogP contribution < -0.4 is 10.2 Å². The summed E-state index contributed by atoms with van der Waals surface area (Å²) in [6.45, 7) is 3.78. The van der Waals surface area contributed by atoms with E-state index in [0.29, 0.717) is 0 Å². The number of carbonyl (C=O) groups excluding carboxylic acids is 1. The highest BCUT2D eigenvalue weighted by Gasteiger charge is 2.32. The van der Waals surface area contributed by atoms with Crippen LogP contribution in [0.4, 0.5) is 5.69 Å². The van der Waals surface area contributed by atoms with Crippen LogP contribution in [0.5, 0.6) is 0 Å². The summed E-state index contributed by atoms with van der Waals surface area (Å²) in [7, 11) is 0. The van der Waals surface area contributed by atoms with Crippen molar-refractivity contribution in [3.05, 3.63) is 27.1 Å². The molecule has 1 fully saturated rings. The fourth-order valence-electron chi connectivity index (χ4n) is 2.13. The number of hydrogen-bond donors (Lipinski definition) is 1. The van der Waals surface area contributed by atoms with Crippen LogP contribution in [0.2, 0.25) is 0 Å². The van der Waals surface area contributed by atoms with E-state index in [4.69, 9.17) is 0 Å². The van der Waals surface area contributed by atoms with E-state index in [2.05, 4.69) is 44.1 Å². The van der Waals surface area contributed by atoms with E-state index in [-0.39, 0.29) is 11.9 Å². The second kappa shape index (κ2) is 6.17. The maximum atomic E-state index is 12.3. The van der Waals surface area contributed by atoms with E-state index in [1.54, 1.807) is 0 Å². The van der Waals surface area contributed by atoms with E-state index < -0.39 is 0 Å². The highest BCUT2D eigenvalue weighted by atomic mass is 79.9. The van der Waals surface area contributed by atoms with Gasteiger partial charge in [0.2, 0.25) is 5.91 Å². The molecule has 5 heteroatoms. The summed E-state index contributed by atoms with van der Waals surface area (Å²) in [4.78, 5) is 14.1. The Kier molecular flexibility index (Phi) is 4.81. The van der Waals surface area contributed by atoms with Crippen LogP contribution in [0.15, 0.2) is 27.1 Å². The predicted octanol–water partition coefficient (Wildman–Crippen LogP) is 3.32. The lowest BCUT2D eigenvalue weighted by Crippen LogP contribution is -2.38. The van der Waals surface area contributed by atoms with Gasteiger partial charge >= 0.3 is 0 Å². The first-order valence-electron chi connectivity index (χ1n) is 6.13. The van der Waals surface area contributed by atoms with Gasteiger partial charge in [-0.2, -0.15) is 0 Å². The molecule has 1 aliphatic heterocycles. The first kappa shape index (κ1) is 14.0. The van der Waals surface area contributed by atoms with Gasteiger partial charge in [-0.3, -0.25) is 4.79 Å². The SMILES string of the molecule is CCCNC1CCN(c2ccc(Br)cc2Br)C1=O. The number of halogens is 2. The molecular formula is C13H16Br2N2O. The summed E-state index contributed by atoms with van der Waals surface area (Å²) < 4.78 is 1.95. The number of amides is 1. The van der Waals surface area contributed by atoms with Gasteiger partial charge in [0.25, 0.3) is 0 Å². The van der Waals surface area contributed by atoms with Crippen molar-refractivity contribution in [2.75, 3.05) is 18.0 Å². The average Bonchev–Trinajstić information content (AvgIpc) is 2.68. The van der Waals surface area contributed by atoms with Crippen molar-refractivity contribution in [1.29, 1.82) is 0 Å². The average molecular weight is 376 g/mol. The normalized spacial score (nSPS) is 19.6. The fourth-order valence-corrected chi connectivity index (χ4v) is 3.39. The van der Waals surface area contributed by atoms with Gasteiger partial charge in [0, 0.05) is 15.5 Å². The molecule has 1 saturated heterocycles. The molecule has 1 N–H and O–H groups in total. The zero-order chi connectivity index (χ0) is 13.1. The molecule has 1 amide bonds. The molecule has 0 saturated carbocycles. The number of nitrogens with one attached hydrogen (secondary N) is 1. The lowest BCUT2D eigenvalue weighted by molar-refractivity contribution is -0.118. The topological polar surface area (TPSA) is 32.3 Å². The van der Waals surface area contributed by atoms with Crippen LogP contribution in [0.3, 0.4) is 0 Å². The lowest BCUT2D eigenvalue weighted by atomic mass is 10.2. The zero-order valence-electron chi connectivity index (χ0n) is 10.2. The van der Waals surface area contributed by atoms with Crippen molar-refractivity contribution in [1.82, 2.24) is 5.32 Å². The molecule has 0 radical (unpaired) electrons. The van der Waals surface area contributed by atoms with Crippen LogP contribution >= 0.6 is 31.9 Å². The molecule has 1 aliphatic rings. The summed E-state index contributed by atoms with van der Waals surface area (Å²) in [6, 6.07) is 5.87. The van der Waals surface area contributed by atoms with Gasteiger partial charge in [-0.05, 0) is 53.5 Å². The largest absolute Gasteiger partial charge is 0.310 e. The Morgan fingerprint density at radius 1 is 1.44 bits per heavy atom. The molecule has 1 heterocycles. The monoisotopic (exact) mass is 374 g/mol. The summed E-state index contributed by atoms with van der Waals surface area (Å²) in [5.74, 6) is 0.173. The van der Waals surface area contributed by atoms with Crippen LogP contribution in [0.1, 0.15) is 19.8 Å². The molecular weight excluding hydrogens is 360 g/mol. The minimum atomic E-state index is -0.0273. The van der Waals surface area contributed by atoms with Gasteiger partial charge < -0.3 is 10.2 Å². The third-order valence-electron chi connectivity index (χ3n) is 3.05. The Morgan fingerprint density at radius 3 is 2.89 bits per heavy atom. The molecule has 0 bridgehead atoms. The number of nitrogens with zero attached hydrogens (tertiary/aromatic N) is 1. The second-order valence-corrected chi connectivity index (χ2v) is 6.15. The number of anilines is 1. The Bertz CT molecular complexity index is 451. The van der Waals surface area contributed by atoms with Gasteiger partial charge in [-0.15, -0.1) is 0 Å². The van der Waals surface area contributed by atoms with Crippen LogP contribution in [-0.4, -0.2) is 25.0 Å². The Morgan fingerprint density at radius 2 is 2.22 bits per heavy atom. The summed E-state index contributed by atoms with van der Waals surface area (Å²) >= 11 is 6.93. The number of carbonyl (C=O) groups is 1. The Balaban J connectivity index is 2.13.